The maximum absolute atomic E-state index is 12.0. The third-order valence-corrected chi connectivity index (χ3v) is 3.12. The van der Waals surface area contributed by atoms with E-state index in [0.29, 0.717) is 16.1 Å². The molecule has 0 spiro atoms. The predicted octanol–water partition coefficient (Wildman–Crippen LogP) is 2.73. The Balaban J connectivity index is 2.45. The Morgan fingerprint density at radius 3 is 2.68 bits per heavy atom. The van der Waals surface area contributed by atoms with E-state index >= 15 is 0 Å². The van der Waals surface area contributed by atoms with E-state index in [1.54, 1.807) is 18.2 Å². The first-order valence-electron chi connectivity index (χ1n) is 5.99. The van der Waals surface area contributed by atoms with Crippen molar-refractivity contribution in [2.24, 2.45) is 5.41 Å². The number of aromatic nitrogens is 2. The van der Waals surface area contributed by atoms with Gasteiger partial charge >= 0.3 is 0 Å². The van der Waals surface area contributed by atoms with Crippen LogP contribution in [0.2, 0.25) is 5.02 Å². The van der Waals surface area contributed by atoms with E-state index in [-0.39, 0.29) is 23.5 Å². The smallest absolute Gasteiger partial charge is 0.270 e. The summed E-state index contributed by atoms with van der Waals surface area (Å²) >= 11 is 5.85. The molecule has 0 bridgehead atoms. The number of halogens is 1. The van der Waals surface area contributed by atoms with Crippen LogP contribution in [-0.2, 0) is 11.2 Å². The second-order valence-corrected chi connectivity index (χ2v) is 5.96. The number of hydrogen-bond acceptors (Lipinski definition) is 3. The number of carbonyl (C=O) groups is 1. The molecule has 0 aliphatic heterocycles. The molecule has 1 aromatic carbocycles. The summed E-state index contributed by atoms with van der Waals surface area (Å²) in [5.41, 5.74) is 0.621. The van der Waals surface area contributed by atoms with Crippen molar-refractivity contribution in [1.29, 1.82) is 0 Å². The number of benzene rings is 1. The summed E-state index contributed by atoms with van der Waals surface area (Å²) in [5.74, 6) is -0.0150. The van der Waals surface area contributed by atoms with Crippen LogP contribution >= 0.6 is 11.6 Å². The van der Waals surface area contributed by atoms with Crippen LogP contribution in [0.15, 0.2) is 23.0 Å². The molecule has 100 valence electrons. The average molecular weight is 279 g/mol. The molecule has 1 heterocycles. The molecule has 1 N–H and O–H groups in total. The van der Waals surface area contributed by atoms with Crippen molar-refractivity contribution in [2.45, 2.75) is 27.2 Å². The number of rotatable bonds is 2. The van der Waals surface area contributed by atoms with Gasteiger partial charge in [-0.1, -0.05) is 32.4 Å². The van der Waals surface area contributed by atoms with Crippen molar-refractivity contribution in [3.05, 3.63) is 39.3 Å². The second-order valence-electron chi connectivity index (χ2n) is 5.52. The molecule has 4 nitrogen and oxygen atoms in total. The lowest BCUT2D eigenvalue weighted by atomic mass is 9.88. The lowest BCUT2D eigenvalue weighted by molar-refractivity contribution is -0.125. The highest BCUT2D eigenvalue weighted by Crippen LogP contribution is 2.18. The maximum atomic E-state index is 12.0. The highest BCUT2D eigenvalue weighted by Gasteiger charge is 2.23. The van der Waals surface area contributed by atoms with E-state index in [9.17, 15) is 9.59 Å². The Bertz CT molecular complexity index is 699. The van der Waals surface area contributed by atoms with Crippen LogP contribution in [0.25, 0.3) is 11.0 Å². The summed E-state index contributed by atoms with van der Waals surface area (Å²) in [7, 11) is 0. The van der Waals surface area contributed by atoms with Gasteiger partial charge in [0.15, 0.2) is 0 Å². The SMILES string of the molecule is CC(C)(C)C(=O)Cc1nc2ccc(Cl)cc2[nH]c1=O. The first kappa shape index (κ1) is 13.7. The predicted molar refractivity (Wildman–Crippen MR) is 75.5 cm³/mol. The third kappa shape index (κ3) is 3.01. The Morgan fingerprint density at radius 2 is 2.05 bits per heavy atom. The van der Waals surface area contributed by atoms with Gasteiger partial charge in [0.05, 0.1) is 17.5 Å². The zero-order valence-electron chi connectivity index (χ0n) is 11.1. The standard InChI is InChI=1S/C14H15ClN2O2/c1-14(2,3)12(18)7-11-13(19)17-10-6-8(15)4-5-9(10)16-11/h4-6H,7H2,1-3H3,(H,17,19). The quantitative estimate of drug-likeness (QED) is 0.919. The fraction of sp³-hybridized carbons (Fsp3) is 0.357. The Labute approximate surface area is 115 Å². The molecule has 2 rings (SSSR count). The van der Waals surface area contributed by atoms with E-state index in [0.717, 1.165) is 0 Å². The van der Waals surface area contributed by atoms with Gasteiger partial charge in [-0.25, -0.2) is 4.98 Å². The maximum Gasteiger partial charge on any atom is 0.270 e. The number of nitrogens with zero attached hydrogens (tertiary/aromatic N) is 1. The van der Waals surface area contributed by atoms with E-state index in [1.165, 1.54) is 0 Å². The van der Waals surface area contributed by atoms with Gasteiger partial charge in [0, 0.05) is 10.4 Å². The fourth-order valence-electron chi connectivity index (χ4n) is 1.63. The minimum absolute atomic E-state index is 0.0150. The highest BCUT2D eigenvalue weighted by molar-refractivity contribution is 6.31. The van der Waals surface area contributed by atoms with Gasteiger partial charge in [0.2, 0.25) is 0 Å². The Morgan fingerprint density at radius 1 is 1.37 bits per heavy atom. The molecule has 0 fully saturated rings. The summed E-state index contributed by atoms with van der Waals surface area (Å²) in [6.07, 6.45) is 0.0391. The van der Waals surface area contributed by atoms with Gasteiger partial charge in [-0.3, -0.25) is 9.59 Å². The van der Waals surface area contributed by atoms with Gasteiger partial charge in [0.1, 0.15) is 11.5 Å². The van der Waals surface area contributed by atoms with Gasteiger partial charge in [-0.15, -0.1) is 0 Å². The molecule has 0 aliphatic carbocycles. The van der Waals surface area contributed by atoms with Crippen molar-refractivity contribution < 1.29 is 4.79 Å². The molecule has 0 amide bonds. The molecule has 0 unspecified atom stereocenters. The summed E-state index contributed by atoms with van der Waals surface area (Å²) in [4.78, 5) is 30.8. The Hall–Kier alpha value is -1.68. The van der Waals surface area contributed by atoms with Crippen molar-refractivity contribution in [3.8, 4) is 0 Å². The number of nitrogens with one attached hydrogen (secondary N) is 1. The number of H-pyrrole nitrogens is 1. The van der Waals surface area contributed by atoms with Crippen LogP contribution in [0.1, 0.15) is 26.5 Å². The number of carbonyl (C=O) groups excluding carboxylic acids is 1. The lowest BCUT2D eigenvalue weighted by Crippen LogP contribution is -2.26. The van der Waals surface area contributed by atoms with Gasteiger partial charge in [-0.05, 0) is 18.2 Å². The highest BCUT2D eigenvalue weighted by atomic mass is 35.5. The van der Waals surface area contributed by atoms with E-state index < -0.39 is 5.41 Å². The van der Waals surface area contributed by atoms with Crippen LogP contribution in [0.5, 0.6) is 0 Å². The first-order chi connectivity index (χ1) is 8.77. The zero-order valence-corrected chi connectivity index (χ0v) is 11.8. The van der Waals surface area contributed by atoms with E-state index in [2.05, 4.69) is 9.97 Å². The molecule has 2 aromatic rings. The average Bonchev–Trinajstić information content (AvgIpc) is 2.29. The molecule has 0 saturated carbocycles. The minimum atomic E-state index is -0.483. The normalized spacial score (nSPS) is 11.8. The van der Waals surface area contributed by atoms with E-state index in [4.69, 9.17) is 11.6 Å². The van der Waals surface area contributed by atoms with Gasteiger partial charge in [-0.2, -0.15) is 0 Å². The monoisotopic (exact) mass is 278 g/mol. The molecule has 5 heteroatoms. The van der Waals surface area contributed by atoms with Crippen LogP contribution in [-0.4, -0.2) is 15.8 Å². The number of fused-ring (bicyclic) bond motifs is 1. The van der Waals surface area contributed by atoms with Crippen LogP contribution in [0.3, 0.4) is 0 Å². The largest absolute Gasteiger partial charge is 0.319 e. The summed E-state index contributed by atoms with van der Waals surface area (Å²) in [6, 6.07) is 5.06. The lowest BCUT2D eigenvalue weighted by Gasteiger charge is -2.15. The number of hydrogen-bond donors (Lipinski definition) is 1. The van der Waals surface area contributed by atoms with Crippen LogP contribution in [0, 0.1) is 5.41 Å². The van der Waals surface area contributed by atoms with Crippen molar-refractivity contribution >= 4 is 28.4 Å². The molecule has 19 heavy (non-hydrogen) atoms. The molecule has 0 saturated heterocycles. The van der Waals surface area contributed by atoms with E-state index in [1.807, 2.05) is 20.8 Å². The van der Waals surface area contributed by atoms with Crippen LogP contribution < -0.4 is 5.56 Å². The molecule has 0 aliphatic rings. The fourth-order valence-corrected chi connectivity index (χ4v) is 1.81. The second kappa shape index (κ2) is 4.78. The molecule has 0 atom stereocenters. The molecular weight excluding hydrogens is 264 g/mol. The van der Waals surface area contributed by atoms with Crippen molar-refractivity contribution in [2.75, 3.05) is 0 Å². The minimum Gasteiger partial charge on any atom is -0.319 e. The van der Waals surface area contributed by atoms with Gasteiger partial charge in [0.25, 0.3) is 5.56 Å². The zero-order chi connectivity index (χ0) is 14.2. The van der Waals surface area contributed by atoms with Gasteiger partial charge < -0.3 is 4.98 Å². The summed E-state index contributed by atoms with van der Waals surface area (Å²) < 4.78 is 0. The topological polar surface area (TPSA) is 62.8 Å². The molecular formula is C14H15ClN2O2. The van der Waals surface area contributed by atoms with Crippen molar-refractivity contribution in [1.82, 2.24) is 9.97 Å². The summed E-state index contributed by atoms with van der Waals surface area (Å²) in [5, 5.41) is 0.531. The van der Waals surface area contributed by atoms with Crippen LogP contribution in [0.4, 0.5) is 0 Å². The number of Topliss-reactive ketones (excluding diaryl/α,β-unsaturated/α-hetero) is 1. The molecule has 1 aromatic heterocycles. The van der Waals surface area contributed by atoms with Crippen molar-refractivity contribution in [3.63, 3.8) is 0 Å². The number of ketones is 1. The Kier molecular flexibility index (Phi) is 3.45. The molecule has 0 radical (unpaired) electrons. The third-order valence-electron chi connectivity index (χ3n) is 2.89. The summed E-state index contributed by atoms with van der Waals surface area (Å²) in [6.45, 7) is 5.47. The number of aromatic amines is 1. The first-order valence-corrected chi connectivity index (χ1v) is 6.37.